The van der Waals surface area contributed by atoms with Gasteiger partial charge >= 0.3 is 15.6 Å². The van der Waals surface area contributed by atoms with Crippen molar-refractivity contribution in [3.8, 4) is 5.75 Å². The third-order valence-electron chi connectivity index (χ3n) is 3.24. The molecule has 3 rings (SSSR count). The Kier molecular flexibility index (Phi) is 3.76. The lowest BCUT2D eigenvalue weighted by Gasteiger charge is -2.12. The van der Waals surface area contributed by atoms with Gasteiger partial charge in [0.05, 0.1) is 4.47 Å². The fraction of sp³-hybridized carbons (Fsp3) is 0.0667. The number of fused-ring (bicyclic) bond motifs is 2. The van der Waals surface area contributed by atoms with Crippen LogP contribution in [0.3, 0.4) is 0 Å². The average molecular weight is 405 g/mol. The number of rotatable bonds is 2. The Balaban J connectivity index is 2.16. The summed E-state index contributed by atoms with van der Waals surface area (Å²) in [6.07, 6.45) is 0. The zero-order chi connectivity index (χ0) is 16.8. The van der Waals surface area contributed by atoms with Crippen molar-refractivity contribution in [2.45, 2.75) is 5.51 Å². The number of halogens is 4. The molecule has 0 spiro atoms. The van der Waals surface area contributed by atoms with E-state index in [2.05, 4.69) is 20.1 Å². The first-order chi connectivity index (χ1) is 10.7. The van der Waals surface area contributed by atoms with E-state index in [9.17, 15) is 21.6 Å². The van der Waals surface area contributed by atoms with Crippen LogP contribution < -0.4 is 4.18 Å². The highest BCUT2D eigenvalue weighted by molar-refractivity contribution is 9.10. The van der Waals surface area contributed by atoms with Crippen LogP contribution in [0.4, 0.5) is 13.2 Å². The molecular weight excluding hydrogens is 397 g/mol. The molecule has 3 aromatic carbocycles. The van der Waals surface area contributed by atoms with E-state index in [1.165, 1.54) is 12.1 Å². The second kappa shape index (κ2) is 5.38. The van der Waals surface area contributed by atoms with Gasteiger partial charge in [0.1, 0.15) is 0 Å². The first kappa shape index (κ1) is 16.1. The number of hydrogen-bond donors (Lipinski definition) is 0. The van der Waals surface area contributed by atoms with Crippen molar-refractivity contribution in [1.29, 1.82) is 0 Å². The second-order valence-electron chi connectivity index (χ2n) is 4.81. The Morgan fingerprint density at radius 1 is 0.870 bits per heavy atom. The van der Waals surface area contributed by atoms with E-state index in [0.717, 1.165) is 16.2 Å². The smallest absolute Gasteiger partial charge is 0.375 e. The van der Waals surface area contributed by atoms with Crippen molar-refractivity contribution in [2.75, 3.05) is 0 Å². The molecule has 0 radical (unpaired) electrons. The Morgan fingerprint density at radius 2 is 1.39 bits per heavy atom. The summed E-state index contributed by atoms with van der Waals surface area (Å²) in [5.74, 6) is -0.412. The van der Waals surface area contributed by atoms with Crippen molar-refractivity contribution < 1.29 is 25.8 Å². The third-order valence-corrected chi connectivity index (χ3v) is 4.82. The maximum Gasteiger partial charge on any atom is 0.534 e. The standard InChI is InChI=1S/C15H8BrF3O3S/c16-13-7-11-5-9-3-1-2-4-10(9)6-12(11)8-14(13)22-23(20,21)15(17,18)19/h1-8H. The molecule has 0 amide bonds. The van der Waals surface area contributed by atoms with Gasteiger partial charge in [-0.1, -0.05) is 24.3 Å². The van der Waals surface area contributed by atoms with E-state index in [0.29, 0.717) is 5.39 Å². The summed E-state index contributed by atoms with van der Waals surface area (Å²) in [5.41, 5.74) is -5.48. The van der Waals surface area contributed by atoms with Crippen LogP contribution in [0.25, 0.3) is 21.5 Å². The molecule has 23 heavy (non-hydrogen) atoms. The summed E-state index contributed by atoms with van der Waals surface area (Å²) >= 11 is 3.04. The molecule has 0 heterocycles. The monoisotopic (exact) mass is 404 g/mol. The lowest BCUT2D eigenvalue weighted by atomic mass is 10.0. The topological polar surface area (TPSA) is 43.4 Å². The Morgan fingerprint density at radius 3 is 1.91 bits per heavy atom. The summed E-state index contributed by atoms with van der Waals surface area (Å²) in [4.78, 5) is 0. The fourth-order valence-corrected chi connectivity index (χ4v) is 3.19. The molecule has 0 N–H and O–H groups in total. The van der Waals surface area contributed by atoms with Crippen molar-refractivity contribution >= 4 is 47.6 Å². The predicted molar refractivity (Wildman–Crippen MR) is 84.8 cm³/mol. The largest absolute Gasteiger partial charge is 0.534 e. The van der Waals surface area contributed by atoms with Crippen LogP contribution in [0.1, 0.15) is 0 Å². The van der Waals surface area contributed by atoms with Crippen LogP contribution in [0, 0.1) is 0 Å². The maximum absolute atomic E-state index is 12.4. The molecule has 0 aliphatic rings. The highest BCUT2D eigenvalue weighted by Crippen LogP contribution is 2.36. The molecule has 3 nitrogen and oxygen atoms in total. The van der Waals surface area contributed by atoms with Gasteiger partial charge in [0.25, 0.3) is 0 Å². The van der Waals surface area contributed by atoms with Crippen molar-refractivity contribution in [3.05, 3.63) is 53.0 Å². The van der Waals surface area contributed by atoms with Crippen molar-refractivity contribution in [2.24, 2.45) is 0 Å². The van der Waals surface area contributed by atoms with Gasteiger partial charge in [0.15, 0.2) is 5.75 Å². The lowest BCUT2D eigenvalue weighted by molar-refractivity contribution is -0.0500. The van der Waals surface area contributed by atoms with E-state index >= 15 is 0 Å². The van der Waals surface area contributed by atoms with Gasteiger partial charge in [-0.15, -0.1) is 0 Å². The Labute approximate surface area is 137 Å². The molecule has 3 aromatic rings. The summed E-state index contributed by atoms with van der Waals surface area (Å²) in [6.45, 7) is 0. The van der Waals surface area contributed by atoms with Crippen LogP contribution in [0.15, 0.2) is 53.0 Å². The van der Waals surface area contributed by atoms with Crippen LogP contribution in [0.2, 0.25) is 0 Å². The molecule has 0 aliphatic heterocycles. The number of hydrogen-bond acceptors (Lipinski definition) is 3. The molecule has 0 fully saturated rings. The van der Waals surface area contributed by atoms with Crippen LogP contribution in [-0.4, -0.2) is 13.9 Å². The van der Waals surface area contributed by atoms with Gasteiger partial charge in [-0.2, -0.15) is 21.6 Å². The Bertz CT molecular complexity index is 1010. The van der Waals surface area contributed by atoms with Crippen LogP contribution >= 0.6 is 15.9 Å². The molecule has 0 aromatic heterocycles. The van der Waals surface area contributed by atoms with Crippen LogP contribution in [-0.2, 0) is 10.1 Å². The molecule has 0 saturated carbocycles. The quantitative estimate of drug-likeness (QED) is 0.343. The SMILES string of the molecule is O=S(=O)(Oc1cc2cc3ccccc3cc2cc1Br)C(F)(F)F. The highest BCUT2D eigenvalue weighted by atomic mass is 79.9. The van der Waals surface area contributed by atoms with Gasteiger partial charge in [-0.05, 0) is 61.7 Å². The minimum absolute atomic E-state index is 0.119. The molecule has 0 bridgehead atoms. The third kappa shape index (κ3) is 3.00. The van der Waals surface area contributed by atoms with Gasteiger partial charge in [0.2, 0.25) is 0 Å². The zero-order valence-corrected chi connectivity index (χ0v) is 13.7. The number of benzene rings is 3. The predicted octanol–water partition coefficient (Wildman–Crippen LogP) is 4.98. The minimum atomic E-state index is -5.71. The molecule has 120 valence electrons. The molecule has 0 aliphatic carbocycles. The number of alkyl halides is 3. The van der Waals surface area contributed by atoms with Crippen molar-refractivity contribution in [3.63, 3.8) is 0 Å². The maximum atomic E-state index is 12.4. The van der Waals surface area contributed by atoms with E-state index < -0.39 is 21.4 Å². The summed E-state index contributed by atoms with van der Waals surface area (Å²) < 4.78 is 64.0. The average Bonchev–Trinajstić information content (AvgIpc) is 2.44. The zero-order valence-electron chi connectivity index (χ0n) is 11.3. The highest BCUT2D eigenvalue weighted by Gasteiger charge is 2.48. The first-order valence-corrected chi connectivity index (χ1v) is 8.50. The van der Waals surface area contributed by atoms with Gasteiger partial charge in [-0.25, -0.2) is 0 Å². The first-order valence-electron chi connectivity index (χ1n) is 6.30. The van der Waals surface area contributed by atoms with Crippen LogP contribution in [0.5, 0.6) is 5.75 Å². The van der Waals surface area contributed by atoms with E-state index in [4.69, 9.17) is 0 Å². The summed E-state index contributed by atoms with van der Waals surface area (Å²) in [5, 5.41) is 3.15. The van der Waals surface area contributed by atoms with E-state index in [1.807, 2.05) is 30.3 Å². The molecular formula is C15H8BrF3O3S. The molecule has 0 saturated heterocycles. The van der Waals surface area contributed by atoms with Gasteiger partial charge in [0, 0.05) is 0 Å². The Hall–Kier alpha value is -1.80. The van der Waals surface area contributed by atoms with Gasteiger partial charge < -0.3 is 4.18 Å². The minimum Gasteiger partial charge on any atom is -0.375 e. The molecule has 0 atom stereocenters. The second-order valence-corrected chi connectivity index (χ2v) is 7.20. The van der Waals surface area contributed by atoms with Gasteiger partial charge in [-0.3, -0.25) is 0 Å². The van der Waals surface area contributed by atoms with Crippen molar-refractivity contribution in [1.82, 2.24) is 0 Å². The summed E-state index contributed by atoms with van der Waals surface area (Å²) in [6, 6.07) is 13.8. The summed E-state index contributed by atoms with van der Waals surface area (Å²) in [7, 11) is -5.71. The molecule has 0 unspecified atom stereocenters. The van der Waals surface area contributed by atoms with E-state index in [-0.39, 0.29) is 4.47 Å². The van der Waals surface area contributed by atoms with E-state index in [1.54, 1.807) is 6.07 Å². The normalized spacial score (nSPS) is 12.7. The fourth-order valence-electron chi connectivity index (χ4n) is 2.17. The lowest BCUT2D eigenvalue weighted by Crippen LogP contribution is -2.28. The molecule has 8 heteroatoms.